The summed E-state index contributed by atoms with van der Waals surface area (Å²) in [5, 5.41) is 13.5. The maximum Gasteiger partial charge on any atom is 0.129 e. The van der Waals surface area contributed by atoms with Crippen LogP contribution in [0.2, 0.25) is 0 Å². The molecule has 0 saturated heterocycles. The van der Waals surface area contributed by atoms with Crippen molar-refractivity contribution >= 4 is 15.9 Å². The fraction of sp³-hybridized carbons (Fsp3) is 0.538. The second-order valence-electron chi connectivity index (χ2n) is 5.50. The quantitative estimate of drug-likeness (QED) is 0.899. The molecule has 0 aliphatic heterocycles. The molecule has 2 N–H and O–H groups in total. The molecule has 0 amide bonds. The van der Waals surface area contributed by atoms with Crippen molar-refractivity contribution in [1.29, 1.82) is 0 Å². The molecule has 0 radical (unpaired) electrons. The first-order chi connectivity index (χ1) is 7.62. The van der Waals surface area contributed by atoms with Crippen LogP contribution in [0.25, 0.3) is 0 Å². The fourth-order valence-corrected chi connectivity index (χ4v) is 1.80. The number of benzene rings is 1. The van der Waals surface area contributed by atoms with Gasteiger partial charge in [0.2, 0.25) is 0 Å². The van der Waals surface area contributed by atoms with Crippen LogP contribution < -0.4 is 5.32 Å². The molecule has 0 spiro atoms. The molecule has 0 aliphatic carbocycles. The third-order valence-corrected chi connectivity index (χ3v) is 2.96. The fourth-order valence-electron chi connectivity index (χ4n) is 1.44. The first-order valence-corrected chi connectivity index (χ1v) is 6.34. The summed E-state index contributed by atoms with van der Waals surface area (Å²) in [6.45, 7) is 7.90. The van der Waals surface area contributed by atoms with Gasteiger partial charge >= 0.3 is 0 Å². The number of rotatable bonds is 3. The van der Waals surface area contributed by atoms with Crippen molar-refractivity contribution in [2.45, 2.75) is 38.8 Å². The van der Waals surface area contributed by atoms with Crippen molar-refractivity contribution in [3.05, 3.63) is 34.1 Å². The minimum atomic E-state index is -1.23. The van der Waals surface area contributed by atoms with Gasteiger partial charge in [0.1, 0.15) is 11.4 Å². The van der Waals surface area contributed by atoms with Crippen LogP contribution in [0.5, 0.6) is 0 Å². The van der Waals surface area contributed by atoms with E-state index >= 15 is 0 Å². The molecule has 0 aliphatic rings. The monoisotopic (exact) mass is 303 g/mol. The lowest BCUT2D eigenvalue weighted by Crippen LogP contribution is -2.45. The zero-order valence-electron chi connectivity index (χ0n) is 10.6. The van der Waals surface area contributed by atoms with Crippen LogP contribution in [-0.4, -0.2) is 17.2 Å². The van der Waals surface area contributed by atoms with Gasteiger partial charge in [0.05, 0.1) is 0 Å². The lowest BCUT2D eigenvalue weighted by atomic mass is 9.94. The van der Waals surface area contributed by atoms with E-state index in [1.165, 1.54) is 6.07 Å². The van der Waals surface area contributed by atoms with Crippen molar-refractivity contribution in [2.75, 3.05) is 6.54 Å². The number of β-amino-alcohol motifs (C(OH)–C–C–N with tert-alkyl or cyclic N) is 1. The molecule has 0 aromatic heterocycles. The van der Waals surface area contributed by atoms with Gasteiger partial charge in [0.15, 0.2) is 0 Å². The normalized spacial score (nSPS) is 15.7. The Kier molecular flexibility index (Phi) is 4.33. The summed E-state index contributed by atoms with van der Waals surface area (Å²) in [7, 11) is 0. The zero-order chi connectivity index (χ0) is 13.3. The molecule has 1 unspecified atom stereocenters. The van der Waals surface area contributed by atoms with E-state index in [1.54, 1.807) is 19.1 Å². The summed E-state index contributed by atoms with van der Waals surface area (Å²) < 4.78 is 14.4. The number of halogens is 2. The molecule has 2 nitrogen and oxygen atoms in total. The van der Waals surface area contributed by atoms with Gasteiger partial charge in [-0.1, -0.05) is 15.9 Å². The molecule has 0 heterocycles. The number of aliphatic hydroxyl groups is 1. The van der Waals surface area contributed by atoms with Crippen LogP contribution in [0.4, 0.5) is 4.39 Å². The van der Waals surface area contributed by atoms with Gasteiger partial charge in [-0.15, -0.1) is 0 Å². The highest BCUT2D eigenvalue weighted by molar-refractivity contribution is 9.10. The highest BCUT2D eigenvalue weighted by atomic mass is 79.9. The SMILES string of the molecule is CC(C)(C)NCC(C)(O)c1cc(Br)ccc1F. The van der Waals surface area contributed by atoms with Crippen molar-refractivity contribution in [3.8, 4) is 0 Å². The molecule has 0 saturated carbocycles. The maximum absolute atomic E-state index is 13.7. The minimum Gasteiger partial charge on any atom is -0.384 e. The van der Waals surface area contributed by atoms with Crippen molar-refractivity contribution < 1.29 is 9.50 Å². The standard InChI is InChI=1S/C13H19BrFNO/c1-12(2,3)16-8-13(4,17)10-7-9(14)5-6-11(10)15/h5-7,16-17H,8H2,1-4H3. The largest absolute Gasteiger partial charge is 0.384 e. The third-order valence-electron chi connectivity index (χ3n) is 2.47. The Balaban J connectivity index is 2.92. The molecule has 17 heavy (non-hydrogen) atoms. The van der Waals surface area contributed by atoms with E-state index in [9.17, 15) is 9.50 Å². The smallest absolute Gasteiger partial charge is 0.129 e. The summed E-state index contributed by atoms with van der Waals surface area (Å²) in [6.07, 6.45) is 0. The van der Waals surface area contributed by atoms with E-state index in [1.807, 2.05) is 20.8 Å². The predicted molar refractivity (Wildman–Crippen MR) is 71.4 cm³/mol. The average Bonchev–Trinajstić information content (AvgIpc) is 2.18. The number of nitrogens with one attached hydrogen (secondary N) is 1. The van der Waals surface area contributed by atoms with Gasteiger partial charge in [0, 0.05) is 22.1 Å². The lowest BCUT2D eigenvalue weighted by Gasteiger charge is -2.30. The van der Waals surface area contributed by atoms with E-state index in [4.69, 9.17) is 0 Å². The third kappa shape index (κ3) is 4.37. The Morgan fingerprint density at radius 2 is 1.88 bits per heavy atom. The topological polar surface area (TPSA) is 32.3 Å². The molecule has 96 valence electrons. The van der Waals surface area contributed by atoms with E-state index < -0.39 is 11.4 Å². The molecular weight excluding hydrogens is 285 g/mol. The first-order valence-electron chi connectivity index (χ1n) is 5.55. The van der Waals surface area contributed by atoms with Gasteiger partial charge in [-0.3, -0.25) is 0 Å². The first kappa shape index (κ1) is 14.6. The second-order valence-corrected chi connectivity index (χ2v) is 6.42. The summed E-state index contributed by atoms with van der Waals surface area (Å²) in [4.78, 5) is 0. The zero-order valence-corrected chi connectivity index (χ0v) is 12.2. The molecule has 4 heteroatoms. The average molecular weight is 304 g/mol. The summed E-state index contributed by atoms with van der Waals surface area (Å²) in [6, 6.07) is 4.58. The minimum absolute atomic E-state index is 0.119. The molecular formula is C13H19BrFNO. The maximum atomic E-state index is 13.7. The molecule has 1 aromatic rings. The molecule has 1 rings (SSSR count). The Labute approximate surface area is 110 Å². The van der Waals surface area contributed by atoms with Gasteiger partial charge in [0.25, 0.3) is 0 Å². The van der Waals surface area contributed by atoms with Crippen LogP contribution in [0.15, 0.2) is 22.7 Å². The second kappa shape index (κ2) is 5.04. The van der Waals surface area contributed by atoms with Gasteiger partial charge in [-0.25, -0.2) is 4.39 Å². The van der Waals surface area contributed by atoms with E-state index in [2.05, 4.69) is 21.2 Å². The van der Waals surface area contributed by atoms with E-state index in [0.29, 0.717) is 12.1 Å². The predicted octanol–water partition coefficient (Wildman–Crippen LogP) is 3.18. The molecule has 1 aromatic carbocycles. The molecule has 0 bridgehead atoms. The highest BCUT2D eigenvalue weighted by Gasteiger charge is 2.28. The number of hydrogen-bond acceptors (Lipinski definition) is 2. The van der Waals surface area contributed by atoms with E-state index in [-0.39, 0.29) is 5.54 Å². The highest BCUT2D eigenvalue weighted by Crippen LogP contribution is 2.26. The molecule has 0 fully saturated rings. The Morgan fingerprint density at radius 1 is 1.29 bits per heavy atom. The van der Waals surface area contributed by atoms with Crippen LogP contribution in [0.1, 0.15) is 33.3 Å². The lowest BCUT2D eigenvalue weighted by molar-refractivity contribution is 0.0465. The summed E-state index contributed by atoms with van der Waals surface area (Å²) in [5.74, 6) is -0.395. The van der Waals surface area contributed by atoms with Crippen molar-refractivity contribution in [2.24, 2.45) is 0 Å². The Hall–Kier alpha value is -0.450. The summed E-state index contributed by atoms with van der Waals surface area (Å²) in [5.41, 5.74) is -1.06. The van der Waals surface area contributed by atoms with E-state index in [0.717, 1.165) is 4.47 Å². The van der Waals surface area contributed by atoms with Crippen LogP contribution in [0, 0.1) is 5.82 Å². The molecule has 1 atom stereocenters. The van der Waals surface area contributed by atoms with Gasteiger partial charge in [-0.05, 0) is 45.9 Å². The van der Waals surface area contributed by atoms with Crippen LogP contribution in [-0.2, 0) is 5.60 Å². The van der Waals surface area contributed by atoms with Crippen LogP contribution in [0.3, 0.4) is 0 Å². The Bertz CT molecular complexity index is 399. The van der Waals surface area contributed by atoms with Crippen molar-refractivity contribution in [3.63, 3.8) is 0 Å². The van der Waals surface area contributed by atoms with Crippen molar-refractivity contribution in [1.82, 2.24) is 5.32 Å². The van der Waals surface area contributed by atoms with Gasteiger partial charge < -0.3 is 10.4 Å². The van der Waals surface area contributed by atoms with Crippen LogP contribution >= 0.6 is 15.9 Å². The van der Waals surface area contributed by atoms with Gasteiger partial charge in [-0.2, -0.15) is 0 Å². The Morgan fingerprint density at radius 3 is 2.41 bits per heavy atom. The number of hydrogen-bond donors (Lipinski definition) is 2. The summed E-state index contributed by atoms with van der Waals surface area (Å²) >= 11 is 3.28.